The zero-order valence-corrected chi connectivity index (χ0v) is 16.1. The first kappa shape index (κ1) is 20.5. The molecule has 0 bridgehead atoms. The summed E-state index contributed by atoms with van der Waals surface area (Å²) < 4.78 is 42.1. The average molecular weight is 384 g/mol. The largest absolute Gasteiger partial charge is 0.573 e. The second kappa shape index (κ2) is 9.28. The molecular formula is C21H31F3N2O. The summed E-state index contributed by atoms with van der Waals surface area (Å²) in [7, 11) is 0. The lowest BCUT2D eigenvalue weighted by molar-refractivity contribution is -0.274. The molecule has 2 atom stereocenters. The molecule has 0 aromatic heterocycles. The molecule has 0 spiro atoms. The highest BCUT2D eigenvalue weighted by molar-refractivity contribution is 5.32. The van der Waals surface area contributed by atoms with Crippen LogP contribution in [-0.2, 0) is 0 Å². The minimum atomic E-state index is -4.65. The van der Waals surface area contributed by atoms with Gasteiger partial charge in [-0.15, -0.1) is 13.2 Å². The van der Waals surface area contributed by atoms with Crippen molar-refractivity contribution >= 4 is 0 Å². The Kier molecular flexibility index (Phi) is 7.04. The van der Waals surface area contributed by atoms with Crippen molar-refractivity contribution in [3.05, 3.63) is 29.8 Å². The van der Waals surface area contributed by atoms with Gasteiger partial charge in [-0.25, -0.2) is 0 Å². The van der Waals surface area contributed by atoms with Gasteiger partial charge >= 0.3 is 6.36 Å². The second-order valence-electron chi connectivity index (χ2n) is 7.94. The van der Waals surface area contributed by atoms with Crippen LogP contribution in [0.25, 0.3) is 0 Å². The Hall–Kier alpha value is -1.27. The van der Waals surface area contributed by atoms with E-state index in [2.05, 4.69) is 21.9 Å². The number of rotatable bonds is 6. The zero-order valence-electron chi connectivity index (χ0n) is 16.1. The maximum absolute atomic E-state index is 12.6. The van der Waals surface area contributed by atoms with Crippen molar-refractivity contribution in [3.8, 4) is 5.75 Å². The number of hydrogen-bond acceptors (Lipinski definition) is 3. The molecule has 1 N–H and O–H groups in total. The molecule has 2 aliphatic rings. The van der Waals surface area contributed by atoms with E-state index in [9.17, 15) is 13.2 Å². The van der Waals surface area contributed by atoms with Gasteiger partial charge in [-0.1, -0.05) is 38.3 Å². The highest BCUT2D eigenvalue weighted by Gasteiger charge is 2.32. The average Bonchev–Trinajstić information content (AvgIpc) is 2.66. The molecule has 1 aromatic carbocycles. The van der Waals surface area contributed by atoms with E-state index in [1.165, 1.54) is 25.3 Å². The Morgan fingerprint density at radius 3 is 2.70 bits per heavy atom. The SMILES string of the molecule is CCC1CN(C[C@H](c2cccc(OC(F)(F)F)c2)C2CCCCC2)CCN1. The van der Waals surface area contributed by atoms with Gasteiger partial charge in [0.05, 0.1) is 0 Å². The first-order valence-electron chi connectivity index (χ1n) is 10.3. The van der Waals surface area contributed by atoms with Gasteiger partial charge in [0.2, 0.25) is 0 Å². The third-order valence-electron chi connectivity index (χ3n) is 6.03. The molecular weight excluding hydrogens is 353 g/mol. The number of alkyl halides is 3. The highest BCUT2D eigenvalue weighted by atomic mass is 19.4. The van der Waals surface area contributed by atoms with E-state index in [0.717, 1.165) is 51.0 Å². The fraction of sp³-hybridized carbons (Fsp3) is 0.714. The van der Waals surface area contributed by atoms with Crippen LogP contribution in [0.2, 0.25) is 0 Å². The molecule has 1 aliphatic carbocycles. The van der Waals surface area contributed by atoms with E-state index in [1.54, 1.807) is 12.1 Å². The minimum Gasteiger partial charge on any atom is -0.406 e. The molecule has 2 fully saturated rings. The molecule has 152 valence electrons. The molecule has 27 heavy (non-hydrogen) atoms. The minimum absolute atomic E-state index is 0.104. The molecule has 1 aromatic rings. The molecule has 6 heteroatoms. The summed E-state index contributed by atoms with van der Waals surface area (Å²) in [5.41, 5.74) is 0.982. The summed E-state index contributed by atoms with van der Waals surface area (Å²) in [6.45, 7) is 6.10. The number of hydrogen-bond donors (Lipinski definition) is 1. The lowest BCUT2D eigenvalue weighted by atomic mass is 9.76. The summed E-state index contributed by atoms with van der Waals surface area (Å²) in [5, 5.41) is 3.54. The third-order valence-corrected chi connectivity index (χ3v) is 6.03. The molecule has 1 heterocycles. The summed E-state index contributed by atoms with van der Waals surface area (Å²) in [4.78, 5) is 2.49. The van der Waals surface area contributed by atoms with Gasteiger partial charge in [0, 0.05) is 32.2 Å². The predicted octanol–water partition coefficient (Wildman–Crippen LogP) is 4.93. The zero-order chi connectivity index (χ0) is 19.3. The molecule has 1 unspecified atom stereocenters. The van der Waals surface area contributed by atoms with E-state index >= 15 is 0 Å². The third kappa shape index (κ3) is 6.11. The van der Waals surface area contributed by atoms with Crippen LogP contribution in [0.15, 0.2) is 24.3 Å². The van der Waals surface area contributed by atoms with Crippen molar-refractivity contribution in [2.45, 2.75) is 63.8 Å². The van der Waals surface area contributed by atoms with Crippen molar-refractivity contribution < 1.29 is 17.9 Å². The summed E-state index contributed by atoms with van der Waals surface area (Å²) in [5.74, 6) is 0.695. The van der Waals surface area contributed by atoms with Gasteiger partial charge in [0.15, 0.2) is 0 Å². The number of piperazine rings is 1. The Morgan fingerprint density at radius 2 is 2.00 bits per heavy atom. The standard InChI is InChI=1S/C21H31F3N2O/c1-2-18-14-26(12-11-25-18)15-20(16-7-4-3-5-8-16)17-9-6-10-19(13-17)27-21(22,23)24/h6,9-10,13,16,18,20,25H,2-5,7-8,11-12,14-15H2,1H3/t18?,20-/m0/s1. The number of halogens is 3. The molecule has 1 aliphatic heterocycles. The Morgan fingerprint density at radius 1 is 1.22 bits per heavy atom. The van der Waals surface area contributed by atoms with E-state index < -0.39 is 6.36 Å². The maximum atomic E-state index is 12.6. The predicted molar refractivity (Wildman–Crippen MR) is 101 cm³/mol. The van der Waals surface area contributed by atoms with Crippen LogP contribution in [-0.4, -0.2) is 43.5 Å². The van der Waals surface area contributed by atoms with Crippen molar-refractivity contribution in [2.24, 2.45) is 5.92 Å². The van der Waals surface area contributed by atoms with Crippen LogP contribution in [0.5, 0.6) is 5.75 Å². The summed E-state index contributed by atoms with van der Waals surface area (Å²) in [6.07, 6.45) is 2.49. The maximum Gasteiger partial charge on any atom is 0.573 e. The van der Waals surface area contributed by atoms with Gasteiger partial charge in [0.1, 0.15) is 5.75 Å². The quantitative estimate of drug-likeness (QED) is 0.752. The summed E-state index contributed by atoms with van der Waals surface area (Å²) in [6, 6.07) is 7.17. The summed E-state index contributed by atoms with van der Waals surface area (Å²) >= 11 is 0. The van der Waals surface area contributed by atoms with Gasteiger partial charge in [-0.05, 0) is 48.8 Å². The fourth-order valence-electron chi connectivity index (χ4n) is 4.62. The smallest absolute Gasteiger partial charge is 0.406 e. The first-order chi connectivity index (χ1) is 12.9. The van der Waals surface area contributed by atoms with Gasteiger partial charge < -0.3 is 10.1 Å². The van der Waals surface area contributed by atoms with Crippen LogP contribution in [0, 0.1) is 5.92 Å². The molecule has 3 nitrogen and oxygen atoms in total. The number of nitrogens with zero attached hydrogens (tertiary/aromatic N) is 1. The molecule has 3 rings (SSSR count). The van der Waals surface area contributed by atoms with Gasteiger partial charge in [-0.3, -0.25) is 4.90 Å². The van der Waals surface area contributed by atoms with Crippen LogP contribution < -0.4 is 10.1 Å². The number of nitrogens with one attached hydrogen (secondary N) is 1. The van der Waals surface area contributed by atoms with Crippen LogP contribution >= 0.6 is 0 Å². The molecule has 0 amide bonds. The lowest BCUT2D eigenvalue weighted by Gasteiger charge is -2.39. The molecule has 1 saturated carbocycles. The van der Waals surface area contributed by atoms with Crippen molar-refractivity contribution in [1.82, 2.24) is 10.2 Å². The van der Waals surface area contributed by atoms with Crippen molar-refractivity contribution in [2.75, 3.05) is 26.2 Å². The van der Waals surface area contributed by atoms with Gasteiger partial charge in [-0.2, -0.15) is 0 Å². The van der Waals surface area contributed by atoms with Crippen LogP contribution in [0.4, 0.5) is 13.2 Å². The molecule has 0 radical (unpaired) electrons. The number of benzene rings is 1. The second-order valence-corrected chi connectivity index (χ2v) is 7.94. The normalized spacial score (nSPS) is 23.9. The van der Waals surface area contributed by atoms with Crippen LogP contribution in [0.1, 0.15) is 56.9 Å². The highest BCUT2D eigenvalue weighted by Crippen LogP contribution is 2.38. The number of ether oxygens (including phenoxy) is 1. The van der Waals surface area contributed by atoms with Crippen molar-refractivity contribution in [1.29, 1.82) is 0 Å². The lowest BCUT2D eigenvalue weighted by Crippen LogP contribution is -2.51. The van der Waals surface area contributed by atoms with E-state index in [0.29, 0.717) is 12.0 Å². The first-order valence-corrected chi connectivity index (χ1v) is 10.3. The van der Waals surface area contributed by atoms with E-state index in [4.69, 9.17) is 0 Å². The van der Waals surface area contributed by atoms with E-state index in [1.807, 2.05) is 6.07 Å². The topological polar surface area (TPSA) is 24.5 Å². The Bertz CT molecular complexity index is 587. The van der Waals surface area contributed by atoms with Crippen molar-refractivity contribution in [3.63, 3.8) is 0 Å². The Balaban J connectivity index is 1.78. The fourth-order valence-corrected chi connectivity index (χ4v) is 4.62. The van der Waals surface area contributed by atoms with E-state index in [-0.39, 0.29) is 11.7 Å². The van der Waals surface area contributed by atoms with Crippen LogP contribution in [0.3, 0.4) is 0 Å². The van der Waals surface area contributed by atoms with Gasteiger partial charge in [0.25, 0.3) is 0 Å². The monoisotopic (exact) mass is 384 g/mol. The molecule has 1 saturated heterocycles. The Labute approximate surface area is 160 Å².